The van der Waals surface area contributed by atoms with Gasteiger partial charge >= 0.3 is 0 Å². The Labute approximate surface area is 350 Å². The van der Waals surface area contributed by atoms with E-state index in [0.717, 1.165) is 51.4 Å². The number of carbonyl (C=O) groups excluding carboxylic acids is 1. The summed E-state index contributed by atoms with van der Waals surface area (Å²) in [6, 6.07) is -0.533. The van der Waals surface area contributed by atoms with Crippen LogP contribution in [0.3, 0.4) is 0 Å². The number of hydrogen-bond donors (Lipinski definition) is 3. The lowest BCUT2D eigenvalue weighted by molar-refractivity contribution is -0.123. The molecule has 1 amide bonds. The van der Waals surface area contributed by atoms with Gasteiger partial charge in [-0.05, 0) is 51.4 Å². The van der Waals surface area contributed by atoms with Gasteiger partial charge in [-0.1, -0.05) is 249 Å². The number of rotatable bonds is 45. The minimum absolute atomic E-state index is 0.0302. The van der Waals surface area contributed by atoms with Crippen LogP contribution in [-0.2, 0) is 4.79 Å². The molecule has 0 aromatic rings. The molecular weight excluding hydrogens is 687 g/mol. The molecule has 3 N–H and O–H groups in total. The van der Waals surface area contributed by atoms with Crippen LogP contribution in [0.25, 0.3) is 0 Å². The Hall–Kier alpha value is -1.65. The number of nitrogens with one attached hydrogen (secondary N) is 1. The van der Waals surface area contributed by atoms with E-state index in [1.807, 2.05) is 0 Å². The minimum atomic E-state index is -0.656. The number of aliphatic hydroxyl groups excluding tert-OH is 2. The third-order valence-electron chi connectivity index (χ3n) is 11.4. The van der Waals surface area contributed by atoms with Crippen LogP contribution in [0.2, 0.25) is 0 Å². The maximum absolute atomic E-state index is 12.4. The molecular formula is C52H97NO3. The van der Waals surface area contributed by atoms with Crippen LogP contribution in [0.4, 0.5) is 0 Å². The van der Waals surface area contributed by atoms with Crippen molar-refractivity contribution in [1.29, 1.82) is 0 Å². The second-order valence-corrected chi connectivity index (χ2v) is 16.9. The van der Waals surface area contributed by atoms with Crippen LogP contribution in [0.15, 0.2) is 48.6 Å². The molecule has 0 bridgehead atoms. The number of amides is 1. The molecule has 2 atom stereocenters. The molecule has 2 unspecified atom stereocenters. The summed E-state index contributed by atoms with van der Waals surface area (Å²) in [5, 5.41) is 23.1. The molecule has 0 saturated heterocycles. The quantitative estimate of drug-likeness (QED) is 0.0425. The predicted molar refractivity (Wildman–Crippen MR) is 248 cm³/mol. The fourth-order valence-electron chi connectivity index (χ4n) is 7.59. The van der Waals surface area contributed by atoms with E-state index >= 15 is 0 Å². The first-order valence-corrected chi connectivity index (χ1v) is 24.8. The van der Waals surface area contributed by atoms with Gasteiger partial charge in [0.05, 0.1) is 18.8 Å². The highest BCUT2D eigenvalue weighted by Gasteiger charge is 2.20. The van der Waals surface area contributed by atoms with Crippen LogP contribution in [-0.4, -0.2) is 34.9 Å². The van der Waals surface area contributed by atoms with E-state index in [-0.39, 0.29) is 12.5 Å². The monoisotopic (exact) mass is 784 g/mol. The van der Waals surface area contributed by atoms with E-state index in [1.54, 1.807) is 0 Å². The molecule has 328 valence electrons. The first kappa shape index (κ1) is 54.3. The SMILES string of the molecule is CC/C=C\C/C=C\C/C=C\C/C=C\CCCCCCCCCCCCCCCCCCCCCCC(=O)NC(CO)C(O)CCCCCCCCCCCCC. The first-order chi connectivity index (χ1) is 27.7. The fourth-order valence-corrected chi connectivity index (χ4v) is 7.59. The Balaban J connectivity index is 3.40. The van der Waals surface area contributed by atoms with E-state index < -0.39 is 12.1 Å². The highest BCUT2D eigenvalue weighted by atomic mass is 16.3. The fraction of sp³-hybridized carbons (Fsp3) is 0.827. The van der Waals surface area contributed by atoms with E-state index in [1.165, 1.54) is 180 Å². The standard InChI is InChI=1S/C52H97NO3/c1-3-5-7-9-11-13-15-16-17-18-19-20-21-22-23-24-25-26-27-28-29-30-31-32-33-34-35-36-38-40-42-44-46-48-52(56)53-50(49-54)51(55)47-45-43-41-39-37-14-12-10-8-6-4-2/h5,7,11,13,16-17,19-20,50-51,54-55H,3-4,6,8-10,12,14-15,18,21-49H2,1-2H3,(H,53,56)/b7-5-,13-11-,17-16-,20-19-. The summed E-state index contributed by atoms with van der Waals surface area (Å²) < 4.78 is 0. The maximum Gasteiger partial charge on any atom is 0.220 e. The summed E-state index contributed by atoms with van der Waals surface area (Å²) in [6.07, 6.45) is 65.1. The molecule has 0 fully saturated rings. The van der Waals surface area contributed by atoms with Gasteiger partial charge < -0.3 is 15.5 Å². The van der Waals surface area contributed by atoms with Crippen molar-refractivity contribution < 1.29 is 15.0 Å². The summed E-state index contributed by atoms with van der Waals surface area (Å²) >= 11 is 0. The van der Waals surface area contributed by atoms with Gasteiger partial charge in [-0.3, -0.25) is 4.79 Å². The van der Waals surface area contributed by atoms with Crippen LogP contribution >= 0.6 is 0 Å². The summed E-state index contributed by atoms with van der Waals surface area (Å²) in [5.41, 5.74) is 0. The summed E-state index contributed by atoms with van der Waals surface area (Å²) in [7, 11) is 0. The highest BCUT2D eigenvalue weighted by molar-refractivity contribution is 5.76. The largest absolute Gasteiger partial charge is 0.394 e. The molecule has 0 spiro atoms. The smallest absolute Gasteiger partial charge is 0.220 e. The van der Waals surface area contributed by atoms with Gasteiger partial charge in [-0.15, -0.1) is 0 Å². The van der Waals surface area contributed by atoms with Crippen LogP contribution < -0.4 is 5.32 Å². The molecule has 0 saturated carbocycles. The van der Waals surface area contributed by atoms with Crippen molar-refractivity contribution in [3.8, 4) is 0 Å². The first-order valence-electron chi connectivity index (χ1n) is 24.8. The lowest BCUT2D eigenvalue weighted by atomic mass is 10.0. The van der Waals surface area contributed by atoms with Crippen LogP contribution in [0.1, 0.15) is 258 Å². The second-order valence-electron chi connectivity index (χ2n) is 16.9. The van der Waals surface area contributed by atoms with Crippen molar-refractivity contribution in [2.24, 2.45) is 0 Å². The molecule has 0 aromatic carbocycles. The molecule has 0 aromatic heterocycles. The van der Waals surface area contributed by atoms with Crippen LogP contribution in [0.5, 0.6) is 0 Å². The molecule has 56 heavy (non-hydrogen) atoms. The van der Waals surface area contributed by atoms with Gasteiger partial charge in [0.1, 0.15) is 0 Å². The number of hydrogen-bond acceptors (Lipinski definition) is 3. The van der Waals surface area contributed by atoms with Crippen molar-refractivity contribution in [3.05, 3.63) is 48.6 Å². The Morgan fingerprint density at radius 1 is 0.446 bits per heavy atom. The van der Waals surface area contributed by atoms with Crippen molar-refractivity contribution in [1.82, 2.24) is 5.32 Å². The summed E-state index contributed by atoms with van der Waals surface area (Å²) in [4.78, 5) is 12.4. The molecule has 0 aliphatic rings. The van der Waals surface area contributed by atoms with Gasteiger partial charge in [0.15, 0.2) is 0 Å². The zero-order valence-corrected chi connectivity index (χ0v) is 37.7. The normalized spacial score (nSPS) is 13.3. The lowest BCUT2D eigenvalue weighted by Gasteiger charge is -2.22. The topological polar surface area (TPSA) is 69.6 Å². The van der Waals surface area contributed by atoms with Crippen molar-refractivity contribution in [2.45, 2.75) is 270 Å². The average molecular weight is 784 g/mol. The molecule has 0 rings (SSSR count). The van der Waals surface area contributed by atoms with E-state index in [9.17, 15) is 15.0 Å². The average Bonchev–Trinajstić information content (AvgIpc) is 3.20. The van der Waals surface area contributed by atoms with Gasteiger partial charge in [0.2, 0.25) is 5.91 Å². The number of allylic oxidation sites excluding steroid dienone is 8. The molecule has 0 heterocycles. The maximum atomic E-state index is 12.4. The summed E-state index contributed by atoms with van der Waals surface area (Å²) in [5.74, 6) is -0.0302. The van der Waals surface area contributed by atoms with Crippen LogP contribution in [0, 0.1) is 0 Å². The molecule has 0 aliphatic carbocycles. The van der Waals surface area contributed by atoms with Crippen molar-refractivity contribution in [3.63, 3.8) is 0 Å². The van der Waals surface area contributed by atoms with Crippen molar-refractivity contribution >= 4 is 5.91 Å². The third-order valence-corrected chi connectivity index (χ3v) is 11.4. The van der Waals surface area contributed by atoms with Gasteiger partial charge in [0.25, 0.3) is 0 Å². The second kappa shape index (κ2) is 47.7. The zero-order chi connectivity index (χ0) is 40.7. The molecule has 4 nitrogen and oxygen atoms in total. The molecule has 0 aliphatic heterocycles. The lowest BCUT2D eigenvalue weighted by Crippen LogP contribution is -2.45. The van der Waals surface area contributed by atoms with Crippen molar-refractivity contribution in [2.75, 3.05) is 6.61 Å². The molecule has 4 heteroatoms. The van der Waals surface area contributed by atoms with E-state index in [2.05, 4.69) is 67.8 Å². The molecule has 0 radical (unpaired) electrons. The van der Waals surface area contributed by atoms with E-state index in [0.29, 0.717) is 12.8 Å². The zero-order valence-electron chi connectivity index (χ0n) is 37.7. The highest BCUT2D eigenvalue weighted by Crippen LogP contribution is 2.17. The summed E-state index contributed by atoms with van der Waals surface area (Å²) in [6.45, 7) is 4.24. The number of aliphatic hydroxyl groups is 2. The minimum Gasteiger partial charge on any atom is -0.394 e. The van der Waals surface area contributed by atoms with Gasteiger partial charge in [-0.2, -0.15) is 0 Å². The Bertz CT molecular complexity index is 893. The van der Waals surface area contributed by atoms with E-state index in [4.69, 9.17) is 0 Å². The third kappa shape index (κ3) is 43.5. The number of carbonyl (C=O) groups is 1. The number of unbranched alkanes of at least 4 members (excludes halogenated alkanes) is 30. The predicted octanol–water partition coefficient (Wildman–Crippen LogP) is 15.9. The Kier molecular flexibility index (Phi) is 46.3. The van der Waals surface area contributed by atoms with Gasteiger partial charge in [0, 0.05) is 6.42 Å². The Morgan fingerprint density at radius 2 is 0.786 bits per heavy atom. The Morgan fingerprint density at radius 3 is 1.18 bits per heavy atom. The van der Waals surface area contributed by atoms with Gasteiger partial charge in [-0.25, -0.2) is 0 Å².